The molecule has 2 rings (SSSR count). The number of benzene rings is 1. The van der Waals surface area contributed by atoms with Crippen LogP contribution < -0.4 is 10.5 Å². The van der Waals surface area contributed by atoms with Crippen molar-refractivity contribution in [3.05, 3.63) is 60.1 Å². The maximum absolute atomic E-state index is 5.82. The van der Waals surface area contributed by atoms with Gasteiger partial charge in [-0.1, -0.05) is 20.4 Å². The van der Waals surface area contributed by atoms with Crippen molar-refractivity contribution in [2.75, 3.05) is 5.73 Å². The summed E-state index contributed by atoms with van der Waals surface area (Å²) >= 11 is 0. The van der Waals surface area contributed by atoms with Crippen molar-refractivity contribution >= 4 is 11.9 Å². The fourth-order valence-corrected chi connectivity index (χ4v) is 1.73. The van der Waals surface area contributed by atoms with E-state index in [-0.39, 0.29) is 0 Å². The van der Waals surface area contributed by atoms with E-state index in [4.69, 9.17) is 10.5 Å². The van der Waals surface area contributed by atoms with Crippen molar-refractivity contribution in [2.24, 2.45) is 5.10 Å². The Bertz CT molecular complexity index is 586. The minimum atomic E-state index is 0.723. The molecule has 0 radical (unpaired) electrons. The number of hydrazone groups is 1. The fraction of sp³-hybridized carbons (Fsp3) is 0.235. The summed E-state index contributed by atoms with van der Waals surface area (Å²) < 4.78 is 5.82. The molecule has 0 amide bonds. The Balaban J connectivity index is 0.00000106. The molecule has 1 aliphatic heterocycles. The SMILES string of the molecule is C=C1C=C(Oc2ccc(N)cc2C)C=CN1/N=C\C.CC. The molecule has 0 atom stereocenters. The third kappa shape index (κ3) is 4.53. The van der Waals surface area contributed by atoms with Crippen molar-refractivity contribution in [3.63, 3.8) is 0 Å². The van der Waals surface area contributed by atoms with Gasteiger partial charge in [0.25, 0.3) is 0 Å². The van der Waals surface area contributed by atoms with Crippen molar-refractivity contribution in [2.45, 2.75) is 27.7 Å². The molecule has 4 nitrogen and oxygen atoms in total. The molecule has 0 aromatic heterocycles. The number of allylic oxidation sites excluding steroid dienone is 2. The number of nitrogens with two attached hydrogens (primary N) is 1. The highest BCUT2D eigenvalue weighted by molar-refractivity contribution is 5.53. The summed E-state index contributed by atoms with van der Waals surface area (Å²) in [5, 5.41) is 5.82. The van der Waals surface area contributed by atoms with E-state index in [2.05, 4.69) is 11.7 Å². The normalized spacial score (nSPS) is 13.8. The molecule has 1 aromatic carbocycles. The first-order valence-electron chi connectivity index (χ1n) is 7.01. The Labute approximate surface area is 126 Å². The summed E-state index contributed by atoms with van der Waals surface area (Å²) in [5.74, 6) is 1.51. The van der Waals surface area contributed by atoms with Gasteiger partial charge in [-0.3, -0.25) is 0 Å². The lowest BCUT2D eigenvalue weighted by atomic mass is 10.2. The lowest BCUT2D eigenvalue weighted by molar-refractivity contribution is 0.421. The number of aryl methyl sites for hydroxylation is 1. The molecule has 0 fully saturated rings. The second kappa shape index (κ2) is 7.94. The molecule has 2 N–H and O–H groups in total. The molecule has 0 spiro atoms. The van der Waals surface area contributed by atoms with E-state index < -0.39 is 0 Å². The zero-order valence-corrected chi connectivity index (χ0v) is 13.1. The molecule has 21 heavy (non-hydrogen) atoms. The van der Waals surface area contributed by atoms with E-state index in [1.165, 1.54) is 0 Å². The number of anilines is 1. The Kier molecular flexibility index (Phi) is 6.27. The molecular weight excluding hydrogens is 262 g/mol. The van der Waals surface area contributed by atoms with E-state index >= 15 is 0 Å². The number of nitrogen functional groups attached to an aromatic ring is 1. The fourth-order valence-electron chi connectivity index (χ4n) is 1.73. The average Bonchev–Trinajstić information content (AvgIpc) is 2.47. The van der Waals surface area contributed by atoms with E-state index in [1.54, 1.807) is 11.2 Å². The van der Waals surface area contributed by atoms with Crippen LogP contribution in [0.1, 0.15) is 26.3 Å². The molecule has 0 aliphatic carbocycles. The molecule has 0 saturated carbocycles. The highest BCUT2D eigenvalue weighted by atomic mass is 16.5. The van der Waals surface area contributed by atoms with Crippen LogP contribution in [0, 0.1) is 6.92 Å². The Hall–Kier alpha value is -2.49. The summed E-state index contributed by atoms with van der Waals surface area (Å²) in [6, 6.07) is 5.56. The second-order valence-corrected chi connectivity index (χ2v) is 4.20. The highest BCUT2D eigenvalue weighted by Crippen LogP contribution is 2.25. The third-order valence-electron chi connectivity index (χ3n) is 2.65. The Morgan fingerprint density at radius 3 is 2.62 bits per heavy atom. The van der Waals surface area contributed by atoms with E-state index in [0.717, 1.165) is 28.5 Å². The number of hydrogen-bond donors (Lipinski definition) is 1. The molecule has 0 bridgehead atoms. The summed E-state index contributed by atoms with van der Waals surface area (Å²) in [4.78, 5) is 0. The summed E-state index contributed by atoms with van der Waals surface area (Å²) in [6.45, 7) is 11.7. The summed E-state index contributed by atoms with van der Waals surface area (Å²) in [6.07, 6.45) is 7.20. The zero-order chi connectivity index (χ0) is 15.8. The van der Waals surface area contributed by atoms with Crippen LogP contribution in [0.15, 0.2) is 59.7 Å². The Morgan fingerprint density at radius 2 is 2.05 bits per heavy atom. The van der Waals surface area contributed by atoms with Gasteiger partial charge < -0.3 is 10.5 Å². The van der Waals surface area contributed by atoms with Gasteiger partial charge in [0.1, 0.15) is 11.5 Å². The van der Waals surface area contributed by atoms with Crippen LogP contribution in [0.4, 0.5) is 5.69 Å². The first-order chi connectivity index (χ1) is 10.1. The van der Waals surface area contributed by atoms with Crippen molar-refractivity contribution in [1.82, 2.24) is 5.01 Å². The number of hydrogen-bond acceptors (Lipinski definition) is 4. The van der Waals surface area contributed by atoms with Gasteiger partial charge in [0.15, 0.2) is 0 Å². The predicted molar refractivity (Wildman–Crippen MR) is 89.9 cm³/mol. The predicted octanol–water partition coefficient (Wildman–Crippen LogP) is 4.21. The van der Waals surface area contributed by atoms with Crippen molar-refractivity contribution < 1.29 is 4.74 Å². The third-order valence-corrected chi connectivity index (χ3v) is 2.65. The second-order valence-electron chi connectivity index (χ2n) is 4.20. The van der Waals surface area contributed by atoms with Gasteiger partial charge in [-0.2, -0.15) is 5.10 Å². The van der Waals surface area contributed by atoms with Crippen LogP contribution in [0.5, 0.6) is 5.75 Å². The molecule has 1 heterocycles. The summed E-state index contributed by atoms with van der Waals surface area (Å²) in [5.41, 5.74) is 8.19. The van der Waals surface area contributed by atoms with E-state index in [1.807, 2.05) is 64.2 Å². The molecule has 4 heteroatoms. The largest absolute Gasteiger partial charge is 0.457 e. The number of ether oxygens (including phenoxy) is 1. The lowest BCUT2D eigenvalue weighted by Crippen LogP contribution is -2.12. The van der Waals surface area contributed by atoms with Crippen LogP contribution in [0.3, 0.4) is 0 Å². The average molecular weight is 285 g/mol. The molecule has 1 aromatic rings. The minimum Gasteiger partial charge on any atom is -0.457 e. The zero-order valence-electron chi connectivity index (χ0n) is 13.1. The number of nitrogens with zero attached hydrogens (tertiary/aromatic N) is 2. The topological polar surface area (TPSA) is 50.9 Å². The molecule has 0 unspecified atom stereocenters. The number of rotatable bonds is 3. The van der Waals surface area contributed by atoms with Crippen molar-refractivity contribution in [3.8, 4) is 5.75 Å². The highest BCUT2D eigenvalue weighted by Gasteiger charge is 2.10. The smallest absolute Gasteiger partial charge is 0.131 e. The van der Waals surface area contributed by atoms with Gasteiger partial charge in [-0.25, -0.2) is 5.01 Å². The van der Waals surface area contributed by atoms with Gasteiger partial charge >= 0.3 is 0 Å². The van der Waals surface area contributed by atoms with E-state index in [9.17, 15) is 0 Å². The van der Waals surface area contributed by atoms with Crippen LogP contribution in [0.2, 0.25) is 0 Å². The first kappa shape index (κ1) is 16.6. The monoisotopic (exact) mass is 285 g/mol. The molecular formula is C17H23N3O. The Morgan fingerprint density at radius 1 is 1.33 bits per heavy atom. The standard InChI is InChI=1S/C15H17N3O.C2H6/c1-4-17-18-8-7-14(10-12(18)3)19-15-6-5-13(16)9-11(15)2;1-2/h4-10H,3,16H2,1-2H3;1-2H3/b17-4-;. The van der Waals surface area contributed by atoms with Crippen LogP contribution in [-0.2, 0) is 0 Å². The minimum absolute atomic E-state index is 0.723. The van der Waals surface area contributed by atoms with Gasteiger partial charge in [-0.15, -0.1) is 0 Å². The molecule has 112 valence electrons. The lowest BCUT2D eigenvalue weighted by Gasteiger charge is -2.20. The van der Waals surface area contributed by atoms with Crippen LogP contribution in [-0.4, -0.2) is 11.2 Å². The summed E-state index contributed by atoms with van der Waals surface area (Å²) in [7, 11) is 0. The van der Waals surface area contributed by atoms with E-state index in [0.29, 0.717) is 0 Å². The van der Waals surface area contributed by atoms with Crippen LogP contribution in [0.25, 0.3) is 0 Å². The van der Waals surface area contributed by atoms with Crippen molar-refractivity contribution in [1.29, 1.82) is 0 Å². The van der Waals surface area contributed by atoms with Gasteiger partial charge in [0.2, 0.25) is 0 Å². The first-order valence-corrected chi connectivity index (χ1v) is 7.01. The van der Waals surface area contributed by atoms with Gasteiger partial charge in [0.05, 0.1) is 5.70 Å². The maximum atomic E-state index is 5.82. The van der Waals surface area contributed by atoms with Gasteiger partial charge in [-0.05, 0) is 43.7 Å². The van der Waals surface area contributed by atoms with Crippen LogP contribution >= 0.6 is 0 Å². The maximum Gasteiger partial charge on any atom is 0.131 e. The van der Waals surface area contributed by atoms with Gasteiger partial charge in [0, 0.05) is 24.2 Å². The quantitative estimate of drug-likeness (QED) is 0.668. The molecule has 0 saturated heterocycles. The molecule has 1 aliphatic rings.